The number of nitro groups is 1. The highest BCUT2D eigenvalue weighted by Gasteiger charge is 2.18. The van der Waals surface area contributed by atoms with Crippen LogP contribution in [-0.4, -0.2) is 32.6 Å². The van der Waals surface area contributed by atoms with Crippen LogP contribution in [0.4, 0.5) is 5.69 Å². The van der Waals surface area contributed by atoms with E-state index in [9.17, 15) is 14.9 Å². The number of amides is 1. The summed E-state index contributed by atoms with van der Waals surface area (Å²) in [5.74, 6) is 0.112. The standard InChI is InChI=1S/C19H20N4O4S/c1-13-15(9-20-22(13)3)10-21(2)19(24)18-8-14(12-28-18)11-27-17-7-5-4-6-16(17)23(25)26/h4-9,12H,10-11H2,1-3H3. The van der Waals surface area contributed by atoms with Gasteiger partial charge in [0.15, 0.2) is 5.75 Å². The highest BCUT2D eigenvalue weighted by Crippen LogP contribution is 2.27. The third kappa shape index (κ3) is 4.20. The summed E-state index contributed by atoms with van der Waals surface area (Å²) in [5.41, 5.74) is 2.72. The molecule has 1 aromatic carbocycles. The van der Waals surface area contributed by atoms with Crippen molar-refractivity contribution < 1.29 is 14.5 Å². The Balaban J connectivity index is 1.64. The minimum Gasteiger partial charge on any atom is -0.482 e. The first-order chi connectivity index (χ1) is 13.4. The number of nitro benzene ring substituents is 1. The van der Waals surface area contributed by atoms with E-state index in [4.69, 9.17) is 4.74 Å². The highest BCUT2D eigenvalue weighted by molar-refractivity contribution is 7.12. The first-order valence-corrected chi connectivity index (χ1v) is 9.41. The second kappa shape index (κ2) is 8.22. The van der Waals surface area contributed by atoms with E-state index < -0.39 is 4.92 Å². The van der Waals surface area contributed by atoms with Gasteiger partial charge in [0.05, 0.1) is 16.0 Å². The van der Waals surface area contributed by atoms with Crippen LogP contribution in [0.3, 0.4) is 0 Å². The van der Waals surface area contributed by atoms with Crippen LogP contribution in [0.1, 0.15) is 26.5 Å². The Kier molecular flexibility index (Phi) is 5.74. The van der Waals surface area contributed by atoms with Gasteiger partial charge in [-0.1, -0.05) is 12.1 Å². The number of benzene rings is 1. The summed E-state index contributed by atoms with van der Waals surface area (Å²) in [6, 6.07) is 7.98. The molecule has 2 heterocycles. The summed E-state index contributed by atoms with van der Waals surface area (Å²) >= 11 is 1.33. The van der Waals surface area contributed by atoms with Gasteiger partial charge in [-0.05, 0) is 24.4 Å². The third-order valence-electron chi connectivity index (χ3n) is 4.41. The molecule has 1 amide bonds. The van der Waals surface area contributed by atoms with Gasteiger partial charge in [0.25, 0.3) is 5.91 Å². The van der Waals surface area contributed by atoms with Crippen molar-refractivity contribution in [3.05, 3.63) is 73.7 Å². The zero-order chi connectivity index (χ0) is 20.3. The van der Waals surface area contributed by atoms with E-state index in [1.54, 1.807) is 47.1 Å². The van der Waals surface area contributed by atoms with Gasteiger partial charge in [-0.25, -0.2) is 0 Å². The van der Waals surface area contributed by atoms with Gasteiger partial charge in [-0.15, -0.1) is 11.3 Å². The maximum Gasteiger partial charge on any atom is 0.310 e. The molecule has 0 radical (unpaired) electrons. The van der Waals surface area contributed by atoms with E-state index in [2.05, 4.69) is 5.10 Å². The van der Waals surface area contributed by atoms with E-state index in [-0.39, 0.29) is 24.0 Å². The topological polar surface area (TPSA) is 90.5 Å². The molecule has 0 fully saturated rings. The van der Waals surface area contributed by atoms with E-state index in [1.807, 2.05) is 19.4 Å². The summed E-state index contributed by atoms with van der Waals surface area (Å²) in [7, 11) is 3.61. The number of rotatable bonds is 7. The largest absolute Gasteiger partial charge is 0.482 e. The van der Waals surface area contributed by atoms with Gasteiger partial charge >= 0.3 is 5.69 Å². The fraction of sp³-hybridized carbons (Fsp3) is 0.263. The number of hydrogen-bond acceptors (Lipinski definition) is 6. The number of nitrogens with zero attached hydrogens (tertiary/aromatic N) is 4. The number of ether oxygens (including phenoxy) is 1. The summed E-state index contributed by atoms with van der Waals surface area (Å²) in [6.45, 7) is 2.59. The molecule has 0 aliphatic carbocycles. The van der Waals surface area contributed by atoms with Crippen LogP contribution in [0.5, 0.6) is 5.75 Å². The van der Waals surface area contributed by atoms with Crippen LogP contribution in [0, 0.1) is 17.0 Å². The van der Waals surface area contributed by atoms with Crippen LogP contribution >= 0.6 is 11.3 Å². The number of aryl methyl sites for hydroxylation is 1. The minimum atomic E-state index is -0.479. The maximum absolute atomic E-state index is 12.7. The van der Waals surface area contributed by atoms with Crippen LogP contribution in [-0.2, 0) is 20.2 Å². The molecule has 3 aromatic rings. The molecule has 28 heavy (non-hydrogen) atoms. The van der Waals surface area contributed by atoms with Crippen LogP contribution in [0.15, 0.2) is 41.9 Å². The molecule has 0 spiro atoms. The Hall–Kier alpha value is -3.20. The van der Waals surface area contributed by atoms with Crippen LogP contribution < -0.4 is 4.74 Å². The zero-order valence-corrected chi connectivity index (χ0v) is 16.6. The SMILES string of the molecule is Cc1c(CN(C)C(=O)c2cc(COc3ccccc3[N+](=O)[O-])cs2)cnn1C. The molecule has 0 saturated carbocycles. The van der Waals surface area contributed by atoms with Gasteiger partial charge in [-0.3, -0.25) is 19.6 Å². The molecular weight excluding hydrogens is 380 g/mol. The fourth-order valence-corrected chi connectivity index (χ4v) is 3.56. The summed E-state index contributed by atoms with van der Waals surface area (Å²) in [4.78, 5) is 25.5. The monoisotopic (exact) mass is 400 g/mol. The lowest BCUT2D eigenvalue weighted by atomic mass is 10.2. The third-order valence-corrected chi connectivity index (χ3v) is 5.38. The lowest BCUT2D eigenvalue weighted by Crippen LogP contribution is -2.25. The molecule has 2 aromatic heterocycles. The van der Waals surface area contributed by atoms with E-state index >= 15 is 0 Å². The van der Waals surface area contributed by atoms with Crippen molar-refractivity contribution in [3.63, 3.8) is 0 Å². The van der Waals surface area contributed by atoms with E-state index in [1.165, 1.54) is 17.4 Å². The molecule has 0 aliphatic heterocycles. The van der Waals surface area contributed by atoms with Crippen molar-refractivity contribution in [2.75, 3.05) is 7.05 Å². The smallest absolute Gasteiger partial charge is 0.310 e. The van der Waals surface area contributed by atoms with Gasteiger partial charge in [0.1, 0.15) is 6.61 Å². The average Bonchev–Trinajstić information content (AvgIpc) is 3.28. The summed E-state index contributed by atoms with van der Waals surface area (Å²) in [6.07, 6.45) is 1.76. The zero-order valence-electron chi connectivity index (χ0n) is 15.8. The molecule has 0 unspecified atom stereocenters. The fourth-order valence-electron chi connectivity index (χ4n) is 2.67. The molecule has 0 N–H and O–H groups in total. The Bertz CT molecular complexity index is 1010. The highest BCUT2D eigenvalue weighted by atomic mass is 32.1. The Morgan fingerprint density at radius 2 is 2.14 bits per heavy atom. The number of aromatic nitrogens is 2. The molecular formula is C19H20N4O4S. The maximum atomic E-state index is 12.7. The van der Waals surface area contributed by atoms with Gasteiger partial charge in [-0.2, -0.15) is 5.10 Å². The molecule has 0 bridgehead atoms. The lowest BCUT2D eigenvalue weighted by molar-refractivity contribution is -0.385. The van der Waals surface area contributed by atoms with Gasteiger partial charge in [0, 0.05) is 43.5 Å². The number of thiophene rings is 1. The Morgan fingerprint density at radius 3 is 2.82 bits per heavy atom. The molecule has 8 nitrogen and oxygen atoms in total. The summed E-state index contributed by atoms with van der Waals surface area (Å²) < 4.78 is 7.36. The quantitative estimate of drug-likeness (QED) is 0.447. The molecule has 3 rings (SSSR count). The molecule has 146 valence electrons. The molecule has 0 aliphatic rings. The van der Waals surface area contributed by atoms with E-state index in [0.29, 0.717) is 11.4 Å². The number of carbonyl (C=O) groups is 1. The van der Waals surface area contributed by atoms with Crippen molar-refractivity contribution >= 4 is 22.9 Å². The first-order valence-electron chi connectivity index (χ1n) is 8.53. The second-order valence-corrected chi connectivity index (χ2v) is 7.28. The average molecular weight is 400 g/mol. The predicted molar refractivity (Wildman–Crippen MR) is 105 cm³/mol. The van der Waals surface area contributed by atoms with Crippen LogP contribution in [0.2, 0.25) is 0 Å². The van der Waals surface area contributed by atoms with Crippen LogP contribution in [0.25, 0.3) is 0 Å². The lowest BCUT2D eigenvalue weighted by Gasteiger charge is -2.15. The van der Waals surface area contributed by atoms with Crippen molar-refractivity contribution in [1.29, 1.82) is 0 Å². The molecule has 0 atom stereocenters. The molecule has 0 saturated heterocycles. The van der Waals surface area contributed by atoms with E-state index in [0.717, 1.165) is 16.8 Å². The Labute approximate surface area is 166 Å². The van der Waals surface area contributed by atoms with Gasteiger partial charge < -0.3 is 9.64 Å². The second-order valence-electron chi connectivity index (χ2n) is 6.37. The number of hydrogen-bond donors (Lipinski definition) is 0. The summed E-state index contributed by atoms with van der Waals surface area (Å²) in [5, 5.41) is 17.1. The minimum absolute atomic E-state index is 0.0828. The first kappa shape index (κ1) is 19.6. The van der Waals surface area contributed by atoms with Crippen molar-refractivity contribution in [1.82, 2.24) is 14.7 Å². The number of para-hydroxylation sites is 2. The predicted octanol–water partition coefficient (Wildman–Crippen LogP) is 3.55. The molecule has 9 heteroatoms. The van der Waals surface area contributed by atoms with Crippen molar-refractivity contribution in [2.45, 2.75) is 20.1 Å². The normalized spacial score (nSPS) is 10.7. The van der Waals surface area contributed by atoms with Crippen molar-refractivity contribution in [2.24, 2.45) is 7.05 Å². The Morgan fingerprint density at radius 1 is 1.39 bits per heavy atom. The van der Waals surface area contributed by atoms with Gasteiger partial charge in [0.2, 0.25) is 0 Å². The van der Waals surface area contributed by atoms with Crippen molar-refractivity contribution in [3.8, 4) is 5.75 Å². The number of carbonyl (C=O) groups excluding carboxylic acids is 1.